The highest BCUT2D eigenvalue weighted by molar-refractivity contribution is 5.54. The SMILES string of the molecule is O=c1onc(-c2ccccc2)n1Cc1nc(-c2ccccn2)no1. The van der Waals surface area contributed by atoms with Gasteiger partial charge in [-0.15, -0.1) is 0 Å². The van der Waals surface area contributed by atoms with Crippen LogP contribution in [-0.2, 0) is 6.54 Å². The van der Waals surface area contributed by atoms with E-state index >= 15 is 0 Å². The molecule has 8 heteroatoms. The summed E-state index contributed by atoms with van der Waals surface area (Å²) in [5.74, 6) is 0.430. The van der Waals surface area contributed by atoms with Gasteiger partial charge in [0.25, 0.3) is 0 Å². The summed E-state index contributed by atoms with van der Waals surface area (Å²) in [5.41, 5.74) is 1.35. The Bertz CT molecular complexity index is 1000. The molecule has 0 unspecified atom stereocenters. The van der Waals surface area contributed by atoms with Crippen LogP contribution in [-0.4, -0.2) is 24.8 Å². The van der Waals surface area contributed by atoms with Gasteiger partial charge in [-0.05, 0) is 12.1 Å². The topological polar surface area (TPSA) is 99.8 Å². The second-order valence-electron chi connectivity index (χ2n) is 4.95. The van der Waals surface area contributed by atoms with E-state index in [-0.39, 0.29) is 12.4 Å². The third-order valence-corrected chi connectivity index (χ3v) is 3.37. The lowest BCUT2D eigenvalue weighted by Crippen LogP contribution is -2.16. The molecule has 0 aliphatic heterocycles. The Balaban J connectivity index is 1.67. The average molecular weight is 321 g/mol. The van der Waals surface area contributed by atoms with E-state index in [0.29, 0.717) is 17.3 Å². The van der Waals surface area contributed by atoms with Crippen LogP contribution in [0.2, 0.25) is 0 Å². The summed E-state index contributed by atoms with van der Waals surface area (Å²) < 4.78 is 11.3. The summed E-state index contributed by atoms with van der Waals surface area (Å²) in [5, 5.41) is 7.70. The first kappa shape index (κ1) is 14.1. The maximum Gasteiger partial charge on any atom is 0.442 e. The highest BCUT2D eigenvalue weighted by Gasteiger charge is 2.17. The summed E-state index contributed by atoms with van der Waals surface area (Å²) in [7, 11) is 0. The van der Waals surface area contributed by atoms with E-state index in [4.69, 9.17) is 9.05 Å². The van der Waals surface area contributed by atoms with Crippen LogP contribution >= 0.6 is 0 Å². The van der Waals surface area contributed by atoms with Crippen LogP contribution in [0.25, 0.3) is 22.9 Å². The Morgan fingerprint density at radius 1 is 0.958 bits per heavy atom. The number of aromatic nitrogens is 5. The van der Waals surface area contributed by atoms with E-state index in [2.05, 4.69) is 20.3 Å². The Hall–Kier alpha value is -3.55. The number of benzene rings is 1. The van der Waals surface area contributed by atoms with Crippen LogP contribution < -0.4 is 5.76 Å². The Kier molecular flexibility index (Phi) is 3.47. The van der Waals surface area contributed by atoms with Crippen LogP contribution in [0, 0.1) is 0 Å². The van der Waals surface area contributed by atoms with Gasteiger partial charge in [0.2, 0.25) is 11.7 Å². The average Bonchev–Trinajstić information content (AvgIpc) is 3.25. The molecule has 0 bridgehead atoms. The Morgan fingerprint density at radius 3 is 2.58 bits per heavy atom. The highest BCUT2D eigenvalue weighted by atomic mass is 16.5. The van der Waals surface area contributed by atoms with Crippen LogP contribution in [0.1, 0.15) is 5.89 Å². The van der Waals surface area contributed by atoms with Crippen molar-refractivity contribution >= 4 is 0 Å². The maximum absolute atomic E-state index is 11.9. The van der Waals surface area contributed by atoms with Crippen molar-refractivity contribution in [1.29, 1.82) is 0 Å². The fourth-order valence-corrected chi connectivity index (χ4v) is 2.26. The van der Waals surface area contributed by atoms with Gasteiger partial charge in [0, 0.05) is 11.8 Å². The lowest BCUT2D eigenvalue weighted by Gasteiger charge is -2.00. The van der Waals surface area contributed by atoms with Gasteiger partial charge in [0.1, 0.15) is 12.2 Å². The van der Waals surface area contributed by atoms with Gasteiger partial charge in [-0.1, -0.05) is 46.7 Å². The smallest absolute Gasteiger partial charge is 0.337 e. The summed E-state index contributed by atoms with van der Waals surface area (Å²) in [6.45, 7) is 0.0619. The first-order valence-electron chi connectivity index (χ1n) is 7.17. The van der Waals surface area contributed by atoms with Gasteiger partial charge in [-0.25, -0.2) is 9.36 Å². The molecule has 4 rings (SSSR count). The Labute approximate surface area is 135 Å². The molecule has 1 aromatic carbocycles. The molecule has 0 N–H and O–H groups in total. The molecule has 8 nitrogen and oxygen atoms in total. The van der Waals surface area contributed by atoms with Gasteiger partial charge in [-0.3, -0.25) is 9.51 Å². The van der Waals surface area contributed by atoms with Crippen molar-refractivity contribution in [3.63, 3.8) is 0 Å². The summed E-state index contributed by atoms with van der Waals surface area (Å²) >= 11 is 0. The number of nitrogens with zero attached hydrogens (tertiary/aromatic N) is 5. The van der Waals surface area contributed by atoms with Gasteiger partial charge >= 0.3 is 5.76 Å². The predicted molar refractivity (Wildman–Crippen MR) is 82.8 cm³/mol. The predicted octanol–water partition coefficient (Wildman–Crippen LogP) is 2.00. The van der Waals surface area contributed by atoms with E-state index in [9.17, 15) is 4.79 Å². The fourth-order valence-electron chi connectivity index (χ4n) is 2.26. The minimum atomic E-state index is -0.591. The molecule has 0 aliphatic rings. The molecule has 0 fully saturated rings. The van der Waals surface area contributed by atoms with E-state index in [0.717, 1.165) is 5.56 Å². The third kappa shape index (κ3) is 2.60. The van der Waals surface area contributed by atoms with Crippen LogP contribution in [0.4, 0.5) is 0 Å². The molecule has 3 heterocycles. The maximum atomic E-state index is 11.9. The molecule has 0 spiro atoms. The summed E-state index contributed by atoms with van der Waals surface area (Å²) in [4.78, 5) is 20.3. The second-order valence-corrected chi connectivity index (χ2v) is 4.95. The van der Waals surface area contributed by atoms with E-state index in [1.165, 1.54) is 4.57 Å². The van der Waals surface area contributed by atoms with Crippen molar-refractivity contribution in [2.75, 3.05) is 0 Å². The molecule has 4 aromatic rings. The molecule has 0 amide bonds. The molecule has 0 radical (unpaired) electrons. The second kappa shape index (κ2) is 5.92. The summed E-state index contributed by atoms with van der Waals surface area (Å²) in [6.07, 6.45) is 1.64. The standard InChI is InChI=1S/C16H11N5O3/c22-16-21(15(20-24-16)11-6-2-1-3-7-11)10-13-18-14(19-23-13)12-8-4-5-9-17-12/h1-9H,10H2. The van der Waals surface area contributed by atoms with Gasteiger partial charge in [0.05, 0.1) is 0 Å². The van der Waals surface area contributed by atoms with Gasteiger partial charge in [-0.2, -0.15) is 4.98 Å². The minimum absolute atomic E-state index is 0.0619. The number of hydrogen-bond donors (Lipinski definition) is 0. The van der Waals surface area contributed by atoms with E-state index < -0.39 is 5.76 Å². The van der Waals surface area contributed by atoms with E-state index in [1.54, 1.807) is 18.3 Å². The first-order valence-corrected chi connectivity index (χ1v) is 7.17. The quantitative estimate of drug-likeness (QED) is 0.566. The molecule has 3 aromatic heterocycles. The first-order chi connectivity index (χ1) is 11.8. The van der Waals surface area contributed by atoms with Gasteiger partial charge < -0.3 is 4.52 Å². The van der Waals surface area contributed by atoms with Crippen LogP contribution in [0.15, 0.2) is 68.6 Å². The highest BCUT2D eigenvalue weighted by Crippen LogP contribution is 2.17. The van der Waals surface area contributed by atoms with Crippen molar-refractivity contribution in [1.82, 2.24) is 24.8 Å². The van der Waals surface area contributed by atoms with E-state index in [1.807, 2.05) is 36.4 Å². The zero-order valence-electron chi connectivity index (χ0n) is 12.4. The van der Waals surface area contributed by atoms with Crippen molar-refractivity contribution in [3.8, 4) is 22.9 Å². The van der Waals surface area contributed by atoms with Crippen molar-refractivity contribution in [3.05, 3.63) is 71.2 Å². The molecule has 0 saturated heterocycles. The Morgan fingerprint density at radius 2 is 1.79 bits per heavy atom. The largest absolute Gasteiger partial charge is 0.442 e. The zero-order chi connectivity index (χ0) is 16.4. The number of pyridine rings is 1. The molecule has 118 valence electrons. The molecular weight excluding hydrogens is 310 g/mol. The van der Waals surface area contributed by atoms with Crippen LogP contribution in [0.5, 0.6) is 0 Å². The molecule has 0 atom stereocenters. The lowest BCUT2D eigenvalue weighted by atomic mass is 10.2. The summed E-state index contributed by atoms with van der Waals surface area (Å²) in [6, 6.07) is 14.7. The van der Waals surface area contributed by atoms with Crippen molar-refractivity contribution < 1.29 is 9.05 Å². The third-order valence-electron chi connectivity index (χ3n) is 3.37. The molecule has 0 saturated carbocycles. The van der Waals surface area contributed by atoms with Crippen molar-refractivity contribution in [2.45, 2.75) is 6.54 Å². The monoisotopic (exact) mass is 321 g/mol. The normalized spacial score (nSPS) is 10.8. The molecular formula is C16H11N5O3. The minimum Gasteiger partial charge on any atom is -0.337 e. The molecule has 0 aliphatic carbocycles. The lowest BCUT2D eigenvalue weighted by molar-refractivity contribution is 0.354. The van der Waals surface area contributed by atoms with Crippen LogP contribution in [0.3, 0.4) is 0 Å². The zero-order valence-corrected chi connectivity index (χ0v) is 12.4. The van der Waals surface area contributed by atoms with Gasteiger partial charge in [0.15, 0.2) is 5.82 Å². The number of rotatable bonds is 4. The van der Waals surface area contributed by atoms with Crippen molar-refractivity contribution in [2.24, 2.45) is 0 Å². The molecule has 24 heavy (non-hydrogen) atoms. The number of hydrogen-bond acceptors (Lipinski definition) is 7. The fraction of sp³-hybridized carbons (Fsp3) is 0.0625.